The number of amides is 2. The Morgan fingerprint density at radius 2 is 2.26 bits per heavy atom. The molecule has 1 saturated heterocycles. The van der Waals surface area contributed by atoms with Crippen LogP contribution in [0.1, 0.15) is 25.3 Å². The predicted octanol–water partition coefficient (Wildman–Crippen LogP) is 0.848. The molecule has 0 aliphatic carbocycles. The monoisotopic (exact) mass is 265 g/mol. The molecule has 2 rings (SSSR count). The molecule has 1 N–H and O–H groups in total. The van der Waals surface area contributed by atoms with E-state index in [0.29, 0.717) is 18.5 Å². The van der Waals surface area contributed by atoms with Gasteiger partial charge in [-0.3, -0.25) is 14.6 Å². The second kappa shape index (κ2) is 5.77. The summed E-state index contributed by atoms with van der Waals surface area (Å²) in [5.74, 6) is -0.682. The molecule has 5 nitrogen and oxygen atoms in total. The summed E-state index contributed by atoms with van der Waals surface area (Å²) in [4.78, 5) is 29.0. The van der Waals surface area contributed by atoms with Crippen LogP contribution in [0.2, 0.25) is 0 Å². The van der Waals surface area contributed by atoms with Gasteiger partial charge in [0.2, 0.25) is 11.8 Å². The minimum atomic E-state index is -0.489. The molecule has 102 valence electrons. The normalized spacial score (nSPS) is 20.1. The summed E-state index contributed by atoms with van der Waals surface area (Å²) in [6.45, 7) is 2.46. The molecule has 19 heavy (non-hydrogen) atoms. The number of pyridine rings is 1. The Morgan fingerprint density at radius 1 is 1.47 bits per heavy atom. The third-order valence-electron chi connectivity index (χ3n) is 3.10. The van der Waals surface area contributed by atoms with Crippen LogP contribution in [0.4, 0.5) is 4.39 Å². The van der Waals surface area contributed by atoms with Crippen LogP contribution in [-0.4, -0.2) is 34.3 Å². The van der Waals surface area contributed by atoms with Crippen LogP contribution in [0.15, 0.2) is 18.5 Å². The van der Waals surface area contributed by atoms with Crippen LogP contribution in [0, 0.1) is 5.82 Å². The van der Waals surface area contributed by atoms with Gasteiger partial charge < -0.3 is 10.2 Å². The van der Waals surface area contributed by atoms with E-state index in [4.69, 9.17) is 0 Å². The molecule has 1 aliphatic heterocycles. The Bertz CT molecular complexity index is 493. The Hall–Kier alpha value is -1.98. The van der Waals surface area contributed by atoms with Gasteiger partial charge in [-0.2, -0.15) is 0 Å². The van der Waals surface area contributed by atoms with Gasteiger partial charge in [0.1, 0.15) is 11.9 Å². The van der Waals surface area contributed by atoms with E-state index in [9.17, 15) is 14.0 Å². The van der Waals surface area contributed by atoms with Gasteiger partial charge in [0.05, 0.1) is 6.20 Å². The molecule has 1 aromatic heterocycles. The lowest BCUT2D eigenvalue weighted by atomic mass is 10.2. The van der Waals surface area contributed by atoms with Crippen molar-refractivity contribution in [3.05, 3.63) is 29.8 Å². The highest BCUT2D eigenvalue weighted by molar-refractivity contribution is 5.89. The largest absolute Gasteiger partial charge is 0.344 e. The van der Waals surface area contributed by atoms with Gasteiger partial charge in [0, 0.05) is 25.7 Å². The van der Waals surface area contributed by atoms with E-state index >= 15 is 0 Å². The van der Waals surface area contributed by atoms with Crippen molar-refractivity contribution in [1.29, 1.82) is 0 Å². The predicted molar refractivity (Wildman–Crippen MR) is 66.5 cm³/mol. The quantitative estimate of drug-likeness (QED) is 0.881. The van der Waals surface area contributed by atoms with Crippen molar-refractivity contribution < 1.29 is 14.0 Å². The fraction of sp³-hybridized carbons (Fsp3) is 0.462. The van der Waals surface area contributed by atoms with Crippen LogP contribution in [0.25, 0.3) is 0 Å². The maximum atomic E-state index is 13.1. The number of carbonyl (C=O) groups is 2. The number of rotatable bonds is 3. The standard InChI is InChI=1S/C13H16FN3O2/c1-2-11-13(19)17(4-3-12(18)16-11)8-9-5-10(14)7-15-6-9/h5-7,11H,2-4,8H2,1H3,(H,16,18). The molecule has 1 aromatic rings. The maximum Gasteiger partial charge on any atom is 0.245 e. The molecule has 1 atom stereocenters. The molecule has 1 aliphatic rings. The van der Waals surface area contributed by atoms with Crippen LogP contribution < -0.4 is 5.32 Å². The number of aromatic nitrogens is 1. The first-order chi connectivity index (χ1) is 9.10. The second-order valence-corrected chi connectivity index (χ2v) is 4.55. The maximum absolute atomic E-state index is 13.1. The number of hydrogen-bond donors (Lipinski definition) is 1. The Kier molecular flexibility index (Phi) is 4.09. The first-order valence-corrected chi connectivity index (χ1v) is 6.27. The zero-order valence-electron chi connectivity index (χ0n) is 10.7. The summed E-state index contributed by atoms with van der Waals surface area (Å²) >= 11 is 0. The lowest BCUT2D eigenvalue weighted by Crippen LogP contribution is -2.43. The van der Waals surface area contributed by atoms with Crippen LogP contribution in [-0.2, 0) is 16.1 Å². The number of carbonyl (C=O) groups excluding carboxylic acids is 2. The third kappa shape index (κ3) is 3.27. The van der Waals surface area contributed by atoms with Crippen molar-refractivity contribution >= 4 is 11.8 Å². The minimum absolute atomic E-state index is 0.125. The average molecular weight is 265 g/mol. The van der Waals surface area contributed by atoms with E-state index in [-0.39, 0.29) is 24.8 Å². The topological polar surface area (TPSA) is 62.3 Å². The summed E-state index contributed by atoms with van der Waals surface area (Å²) in [6.07, 6.45) is 3.46. The van der Waals surface area contributed by atoms with Crippen molar-refractivity contribution in [2.24, 2.45) is 0 Å². The molecule has 1 unspecified atom stereocenters. The fourth-order valence-electron chi connectivity index (χ4n) is 2.09. The van der Waals surface area contributed by atoms with E-state index in [1.807, 2.05) is 6.92 Å². The highest BCUT2D eigenvalue weighted by atomic mass is 19.1. The van der Waals surface area contributed by atoms with Gasteiger partial charge in [0.25, 0.3) is 0 Å². The van der Waals surface area contributed by atoms with E-state index in [2.05, 4.69) is 10.3 Å². The van der Waals surface area contributed by atoms with Crippen LogP contribution in [0.5, 0.6) is 0 Å². The highest BCUT2D eigenvalue weighted by Gasteiger charge is 2.28. The van der Waals surface area contributed by atoms with E-state index < -0.39 is 11.9 Å². The second-order valence-electron chi connectivity index (χ2n) is 4.55. The van der Waals surface area contributed by atoms with Crippen molar-refractivity contribution in [1.82, 2.24) is 15.2 Å². The molecular formula is C13H16FN3O2. The van der Waals surface area contributed by atoms with E-state index in [1.54, 1.807) is 4.90 Å². The number of nitrogens with one attached hydrogen (secondary N) is 1. The van der Waals surface area contributed by atoms with E-state index in [0.717, 1.165) is 6.20 Å². The fourth-order valence-corrected chi connectivity index (χ4v) is 2.09. The van der Waals surface area contributed by atoms with Crippen LogP contribution in [0.3, 0.4) is 0 Å². The molecule has 2 heterocycles. The van der Waals surface area contributed by atoms with Gasteiger partial charge in [0.15, 0.2) is 0 Å². The SMILES string of the molecule is CCC1NC(=O)CCN(Cc2cncc(F)c2)C1=O. The Labute approximate surface area is 110 Å². The first-order valence-electron chi connectivity index (χ1n) is 6.27. The zero-order valence-corrected chi connectivity index (χ0v) is 10.7. The van der Waals surface area contributed by atoms with Gasteiger partial charge in [-0.05, 0) is 18.1 Å². The zero-order chi connectivity index (χ0) is 13.8. The summed E-state index contributed by atoms with van der Waals surface area (Å²) in [5.41, 5.74) is 0.623. The number of halogens is 1. The molecule has 0 bridgehead atoms. The summed E-state index contributed by atoms with van der Waals surface area (Å²) in [7, 11) is 0. The smallest absolute Gasteiger partial charge is 0.245 e. The average Bonchev–Trinajstić information content (AvgIpc) is 2.52. The van der Waals surface area contributed by atoms with Gasteiger partial charge in [-0.1, -0.05) is 6.92 Å². The first kappa shape index (κ1) is 13.5. The molecule has 6 heteroatoms. The van der Waals surface area contributed by atoms with Gasteiger partial charge in [-0.15, -0.1) is 0 Å². The lowest BCUT2D eigenvalue weighted by molar-refractivity contribution is -0.134. The van der Waals surface area contributed by atoms with Crippen molar-refractivity contribution in [3.8, 4) is 0 Å². The van der Waals surface area contributed by atoms with Crippen LogP contribution >= 0.6 is 0 Å². The highest BCUT2D eigenvalue weighted by Crippen LogP contribution is 2.11. The van der Waals surface area contributed by atoms with Crippen molar-refractivity contribution in [3.63, 3.8) is 0 Å². The molecule has 0 saturated carbocycles. The minimum Gasteiger partial charge on any atom is -0.344 e. The molecule has 0 spiro atoms. The van der Waals surface area contributed by atoms with Gasteiger partial charge in [-0.25, -0.2) is 4.39 Å². The number of nitrogens with zero attached hydrogens (tertiary/aromatic N) is 2. The van der Waals surface area contributed by atoms with E-state index in [1.165, 1.54) is 12.3 Å². The van der Waals surface area contributed by atoms with Crippen molar-refractivity contribution in [2.45, 2.75) is 32.4 Å². The summed E-state index contributed by atoms with van der Waals surface area (Å²) < 4.78 is 13.1. The Balaban J connectivity index is 2.13. The molecule has 0 radical (unpaired) electrons. The number of hydrogen-bond acceptors (Lipinski definition) is 3. The summed E-state index contributed by atoms with van der Waals surface area (Å²) in [5, 5.41) is 2.69. The summed E-state index contributed by atoms with van der Waals surface area (Å²) in [6, 6.07) is 0.859. The van der Waals surface area contributed by atoms with Gasteiger partial charge >= 0.3 is 0 Å². The molecule has 1 fully saturated rings. The Morgan fingerprint density at radius 3 is 2.95 bits per heavy atom. The molecule has 0 aromatic carbocycles. The third-order valence-corrected chi connectivity index (χ3v) is 3.10. The molecular weight excluding hydrogens is 249 g/mol. The lowest BCUT2D eigenvalue weighted by Gasteiger charge is -2.23. The molecule has 2 amide bonds. The van der Waals surface area contributed by atoms with Crippen molar-refractivity contribution in [2.75, 3.05) is 6.54 Å².